The molecule has 2 heterocycles. The largest absolute Gasteiger partial charge is 0.503 e. The smallest absolute Gasteiger partial charge is 0.307 e. The quantitative estimate of drug-likeness (QED) is 0.499. The molecule has 1 amide bonds. The number of hydrogen-bond donors (Lipinski definition) is 2. The number of benzene rings is 2. The van der Waals surface area contributed by atoms with Crippen LogP contribution in [0.3, 0.4) is 0 Å². The maximum absolute atomic E-state index is 13.4. The molecular formula is C26H23NO5S. The number of nitrogens with zero attached hydrogens (tertiary/aromatic N) is 1. The van der Waals surface area contributed by atoms with Crippen LogP contribution in [0.2, 0.25) is 0 Å². The van der Waals surface area contributed by atoms with Crippen molar-refractivity contribution in [3.63, 3.8) is 0 Å². The molecule has 3 aromatic rings. The van der Waals surface area contributed by atoms with Gasteiger partial charge in [-0.2, -0.15) is 0 Å². The van der Waals surface area contributed by atoms with Crippen LogP contribution < -0.4 is 4.90 Å². The number of aliphatic hydroxyl groups excluding tert-OH is 1. The van der Waals surface area contributed by atoms with Crippen molar-refractivity contribution >= 4 is 34.7 Å². The van der Waals surface area contributed by atoms with Crippen molar-refractivity contribution in [1.82, 2.24) is 0 Å². The first-order valence-electron chi connectivity index (χ1n) is 10.4. The number of carboxylic acid groups (broad SMARTS) is 1. The van der Waals surface area contributed by atoms with Crippen LogP contribution in [0.15, 0.2) is 65.2 Å². The summed E-state index contributed by atoms with van der Waals surface area (Å²) in [4.78, 5) is 39.6. The zero-order chi connectivity index (χ0) is 23.9. The topological polar surface area (TPSA) is 94.9 Å². The zero-order valence-electron chi connectivity index (χ0n) is 18.5. The second kappa shape index (κ2) is 8.67. The summed E-state index contributed by atoms with van der Waals surface area (Å²) in [5.74, 6) is -2.57. The third-order valence-corrected chi connectivity index (χ3v) is 6.81. The molecule has 1 unspecified atom stereocenters. The number of aryl methyl sites for hydroxylation is 3. The monoisotopic (exact) mass is 461 g/mol. The normalized spacial score (nSPS) is 15.9. The summed E-state index contributed by atoms with van der Waals surface area (Å²) in [6.45, 7) is 5.88. The lowest BCUT2D eigenvalue weighted by atomic mass is 9.89. The van der Waals surface area contributed by atoms with Crippen LogP contribution in [0.1, 0.15) is 43.5 Å². The Balaban J connectivity index is 1.87. The SMILES string of the molecule is Cc1cc(C)c(C2C(C(=O)c3cccs3)=C(O)C(=O)N2c2ccc(CC(=O)O)cc2)cc1C. The highest BCUT2D eigenvalue weighted by atomic mass is 32.1. The molecule has 0 radical (unpaired) electrons. The van der Waals surface area contributed by atoms with Crippen LogP contribution in [0.4, 0.5) is 5.69 Å². The Morgan fingerprint density at radius 2 is 1.67 bits per heavy atom. The van der Waals surface area contributed by atoms with E-state index in [2.05, 4.69) is 0 Å². The Bertz CT molecular complexity index is 1290. The van der Waals surface area contributed by atoms with Crippen molar-refractivity contribution in [3.8, 4) is 0 Å². The van der Waals surface area contributed by atoms with Gasteiger partial charge in [-0.05, 0) is 72.2 Å². The van der Waals surface area contributed by atoms with Gasteiger partial charge in [0.15, 0.2) is 5.76 Å². The number of carbonyl (C=O) groups excluding carboxylic acids is 2. The van der Waals surface area contributed by atoms with E-state index >= 15 is 0 Å². The van der Waals surface area contributed by atoms with E-state index in [9.17, 15) is 19.5 Å². The fourth-order valence-corrected chi connectivity index (χ4v) is 4.84. The van der Waals surface area contributed by atoms with E-state index in [1.807, 2.05) is 32.9 Å². The van der Waals surface area contributed by atoms with E-state index in [0.29, 0.717) is 16.1 Å². The molecular weight excluding hydrogens is 438 g/mol. The van der Waals surface area contributed by atoms with Crippen LogP contribution in [-0.4, -0.2) is 27.9 Å². The van der Waals surface area contributed by atoms with Gasteiger partial charge >= 0.3 is 5.97 Å². The molecule has 0 saturated carbocycles. The Labute approximate surface area is 195 Å². The maximum atomic E-state index is 13.4. The predicted octanol–water partition coefficient (Wildman–Crippen LogP) is 5.08. The van der Waals surface area contributed by atoms with E-state index < -0.39 is 23.7 Å². The molecule has 7 heteroatoms. The van der Waals surface area contributed by atoms with Crippen LogP contribution in [0.25, 0.3) is 0 Å². The summed E-state index contributed by atoms with van der Waals surface area (Å²) in [5.41, 5.74) is 4.85. The van der Waals surface area contributed by atoms with Gasteiger partial charge in [0.05, 0.1) is 22.9 Å². The number of thiophene rings is 1. The average Bonchev–Trinajstić information content (AvgIpc) is 3.38. The zero-order valence-corrected chi connectivity index (χ0v) is 19.3. The fraction of sp³-hybridized carbons (Fsp3) is 0.192. The molecule has 0 aliphatic carbocycles. The molecule has 1 aliphatic rings. The lowest BCUT2D eigenvalue weighted by molar-refractivity contribution is -0.136. The molecule has 4 rings (SSSR count). The van der Waals surface area contributed by atoms with Gasteiger partial charge in [-0.3, -0.25) is 19.3 Å². The lowest BCUT2D eigenvalue weighted by Gasteiger charge is -2.28. The van der Waals surface area contributed by atoms with Crippen molar-refractivity contribution in [2.24, 2.45) is 0 Å². The standard InChI is InChI=1S/C26H23NO5S/c1-14-11-16(3)19(12-15(14)2)23-22(24(30)20-5-4-10-33-20)25(31)26(32)27(23)18-8-6-17(7-9-18)13-21(28)29/h4-12,23,31H,13H2,1-3H3,(H,28,29). The summed E-state index contributed by atoms with van der Waals surface area (Å²) in [6.07, 6.45) is -0.139. The first-order valence-corrected chi connectivity index (χ1v) is 11.3. The molecule has 1 atom stereocenters. The van der Waals surface area contributed by atoms with Crippen LogP contribution in [-0.2, 0) is 16.0 Å². The molecule has 1 aliphatic heterocycles. The number of carbonyl (C=O) groups is 3. The number of anilines is 1. The number of Topliss-reactive ketones (excluding diaryl/α,β-unsaturated/α-hetero) is 1. The van der Waals surface area contributed by atoms with Crippen molar-refractivity contribution in [2.75, 3.05) is 4.90 Å². The number of ketones is 1. The molecule has 0 spiro atoms. The molecule has 0 saturated heterocycles. The summed E-state index contributed by atoms with van der Waals surface area (Å²) in [7, 11) is 0. The Kier molecular flexibility index (Phi) is 5.91. The number of aliphatic carboxylic acids is 1. The van der Waals surface area contributed by atoms with Gasteiger partial charge < -0.3 is 10.2 Å². The number of aliphatic hydroxyl groups is 1. The Hall–Kier alpha value is -3.71. The van der Waals surface area contributed by atoms with Gasteiger partial charge in [0, 0.05) is 5.69 Å². The lowest BCUT2D eigenvalue weighted by Crippen LogP contribution is -2.31. The van der Waals surface area contributed by atoms with Gasteiger partial charge in [0.2, 0.25) is 5.78 Å². The summed E-state index contributed by atoms with van der Waals surface area (Å²) in [5, 5.41) is 21.7. The molecule has 2 aromatic carbocycles. The van der Waals surface area contributed by atoms with Gasteiger partial charge in [-0.1, -0.05) is 30.3 Å². The minimum Gasteiger partial charge on any atom is -0.503 e. The van der Waals surface area contributed by atoms with Gasteiger partial charge in [0.25, 0.3) is 5.91 Å². The van der Waals surface area contributed by atoms with E-state index in [1.54, 1.807) is 41.8 Å². The van der Waals surface area contributed by atoms with E-state index in [1.165, 1.54) is 16.2 Å². The predicted molar refractivity (Wildman–Crippen MR) is 127 cm³/mol. The van der Waals surface area contributed by atoms with Crippen molar-refractivity contribution in [2.45, 2.75) is 33.2 Å². The average molecular weight is 462 g/mol. The number of hydrogen-bond acceptors (Lipinski definition) is 5. The van der Waals surface area contributed by atoms with E-state index in [-0.39, 0.29) is 17.8 Å². The minimum atomic E-state index is -0.952. The second-order valence-corrected chi connectivity index (χ2v) is 9.12. The summed E-state index contributed by atoms with van der Waals surface area (Å²) >= 11 is 1.25. The highest BCUT2D eigenvalue weighted by Crippen LogP contribution is 2.43. The first-order chi connectivity index (χ1) is 15.7. The summed E-state index contributed by atoms with van der Waals surface area (Å²) < 4.78 is 0. The number of amides is 1. The fourth-order valence-electron chi connectivity index (χ4n) is 4.16. The minimum absolute atomic E-state index is 0.0448. The van der Waals surface area contributed by atoms with Crippen LogP contribution in [0.5, 0.6) is 0 Å². The molecule has 0 bridgehead atoms. The Morgan fingerprint density at radius 3 is 2.27 bits per heavy atom. The highest BCUT2D eigenvalue weighted by Gasteiger charge is 2.45. The molecule has 6 nitrogen and oxygen atoms in total. The van der Waals surface area contributed by atoms with E-state index in [0.717, 1.165) is 22.3 Å². The van der Waals surface area contributed by atoms with Gasteiger partial charge in [-0.15, -0.1) is 11.3 Å². The first kappa shape index (κ1) is 22.5. The number of carboxylic acids is 1. The van der Waals surface area contributed by atoms with Crippen LogP contribution in [0, 0.1) is 20.8 Å². The number of rotatable bonds is 6. The second-order valence-electron chi connectivity index (χ2n) is 8.18. The van der Waals surface area contributed by atoms with Crippen molar-refractivity contribution in [3.05, 3.63) is 97.9 Å². The molecule has 168 valence electrons. The third-order valence-electron chi connectivity index (χ3n) is 5.94. The van der Waals surface area contributed by atoms with Gasteiger partial charge in [0.1, 0.15) is 0 Å². The van der Waals surface area contributed by atoms with E-state index in [4.69, 9.17) is 5.11 Å². The third kappa shape index (κ3) is 4.07. The Morgan fingerprint density at radius 1 is 1.00 bits per heavy atom. The molecule has 0 fully saturated rings. The molecule has 33 heavy (non-hydrogen) atoms. The summed E-state index contributed by atoms with van der Waals surface area (Å²) in [6, 6.07) is 13.1. The van der Waals surface area contributed by atoms with Crippen LogP contribution >= 0.6 is 11.3 Å². The van der Waals surface area contributed by atoms with Crippen molar-refractivity contribution < 1.29 is 24.6 Å². The molecule has 1 aromatic heterocycles. The van der Waals surface area contributed by atoms with Gasteiger partial charge in [-0.25, -0.2) is 0 Å². The molecule has 2 N–H and O–H groups in total. The highest BCUT2D eigenvalue weighted by molar-refractivity contribution is 7.12. The van der Waals surface area contributed by atoms with Crippen molar-refractivity contribution in [1.29, 1.82) is 0 Å². The maximum Gasteiger partial charge on any atom is 0.307 e.